The summed E-state index contributed by atoms with van der Waals surface area (Å²) >= 11 is 0. The maximum atomic E-state index is 12.3. The topological polar surface area (TPSA) is 59.9 Å². The van der Waals surface area contributed by atoms with Crippen LogP contribution in [0.5, 0.6) is 0 Å². The molecule has 11 heteroatoms. The van der Waals surface area contributed by atoms with Crippen LogP contribution in [0.15, 0.2) is 12.4 Å². The minimum atomic E-state index is -5.74. The van der Waals surface area contributed by atoms with Crippen molar-refractivity contribution < 1.29 is 34.8 Å². The van der Waals surface area contributed by atoms with Crippen LogP contribution in [0.1, 0.15) is 11.4 Å². The number of hydrogen-bond acceptors (Lipinski definition) is 4. The molecule has 0 saturated heterocycles. The molecule has 1 heterocycles. The van der Waals surface area contributed by atoms with Crippen molar-refractivity contribution in [1.82, 2.24) is 9.97 Å². The molecule has 4 nitrogen and oxygen atoms in total. The van der Waals surface area contributed by atoms with Gasteiger partial charge in [-0.15, -0.1) is 0 Å². The molecule has 0 aliphatic heterocycles. The summed E-state index contributed by atoms with van der Waals surface area (Å²) in [7, 11) is -5.74. The number of sulfone groups is 1. The van der Waals surface area contributed by atoms with Gasteiger partial charge in [0, 0.05) is 12.4 Å². The van der Waals surface area contributed by atoms with Gasteiger partial charge in [0.1, 0.15) is 5.75 Å². The minimum Gasteiger partial charge on any atom is -0.256 e. The van der Waals surface area contributed by atoms with E-state index in [9.17, 15) is 34.8 Å². The Morgan fingerprint density at radius 1 is 1.00 bits per heavy atom. The van der Waals surface area contributed by atoms with Crippen LogP contribution in [-0.4, -0.2) is 23.9 Å². The van der Waals surface area contributed by atoms with Gasteiger partial charge in [-0.25, -0.2) is 13.4 Å². The van der Waals surface area contributed by atoms with Crippen molar-refractivity contribution in [3.8, 4) is 0 Å². The van der Waals surface area contributed by atoms with Gasteiger partial charge in [-0.05, 0) is 0 Å². The summed E-state index contributed by atoms with van der Waals surface area (Å²) in [5, 5.41) is 0. The molecule has 0 fully saturated rings. The molecule has 102 valence electrons. The number of halogens is 6. The Kier molecular flexibility index (Phi) is 3.56. The third-order valence-electron chi connectivity index (χ3n) is 1.72. The lowest BCUT2D eigenvalue weighted by Crippen LogP contribution is -2.27. The smallest absolute Gasteiger partial charge is 0.256 e. The highest BCUT2D eigenvalue weighted by Gasteiger charge is 2.47. The molecule has 1 aromatic rings. The monoisotopic (exact) mass is 294 g/mol. The van der Waals surface area contributed by atoms with Crippen molar-refractivity contribution in [3.63, 3.8) is 0 Å². The fourth-order valence-corrected chi connectivity index (χ4v) is 1.71. The SMILES string of the molecule is O=S(=O)(Cc1nccnc1C(F)(F)F)C(F)(F)F. The van der Waals surface area contributed by atoms with E-state index in [1.54, 1.807) is 0 Å². The van der Waals surface area contributed by atoms with Gasteiger partial charge < -0.3 is 0 Å². The maximum Gasteiger partial charge on any atom is 0.497 e. The predicted molar refractivity (Wildman–Crippen MR) is 45.7 cm³/mol. The van der Waals surface area contributed by atoms with Gasteiger partial charge in [0.05, 0.1) is 5.69 Å². The van der Waals surface area contributed by atoms with Gasteiger partial charge in [0.2, 0.25) is 0 Å². The average molecular weight is 294 g/mol. The lowest BCUT2D eigenvalue weighted by atomic mass is 10.3. The van der Waals surface area contributed by atoms with Crippen molar-refractivity contribution in [3.05, 3.63) is 23.8 Å². The maximum absolute atomic E-state index is 12.3. The molecule has 0 aliphatic carbocycles. The molecule has 0 amide bonds. The van der Waals surface area contributed by atoms with Crippen molar-refractivity contribution in [2.45, 2.75) is 17.4 Å². The second-order valence-corrected chi connectivity index (χ2v) is 5.04. The first-order valence-corrected chi connectivity index (χ1v) is 5.76. The molecule has 0 aliphatic rings. The summed E-state index contributed by atoms with van der Waals surface area (Å²) in [6, 6.07) is 0. The van der Waals surface area contributed by atoms with Gasteiger partial charge >= 0.3 is 11.7 Å². The zero-order valence-electron chi connectivity index (χ0n) is 8.25. The van der Waals surface area contributed by atoms with E-state index in [0.29, 0.717) is 12.4 Å². The first-order valence-electron chi connectivity index (χ1n) is 4.11. The summed E-state index contributed by atoms with van der Waals surface area (Å²) in [4.78, 5) is 5.78. The zero-order chi connectivity index (χ0) is 14.2. The van der Waals surface area contributed by atoms with Crippen molar-refractivity contribution in [2.75, 3.05) is 0 Å². The van der Waals surface area contributed by atoms with E-state index in [1.807, 2.05) is 0 Å². The summed E-state index contributed by atoms with van der Waals surface area (Å²) in [5.41, 5.74) is -8.69. The molecular formula is C7H4F6N2O2S. The van der Waals surface area contributed by atoms with Crippen LogP contribution in [0, 0.1) is 0 Å². The van der Waals surface area contributed by atoms with Crippen LogP contribution in [-0.2, 0) is 21.8 Å². The van der Waals surface area contributed by atoms with E-state index >= 15 is 0 Å². The summed E-state index contributed by atoms with van der Waals surface area (Å²) in [5.74, 6) is -1.90. The molecule has 0 radical (unpaired) electrons. The Balaban J connectivity index is 3.22. The van der Waals surface area contributed by atoms with Gasteiger partial charge in [-0.1, -0.05) is 0 Å². The normalized spacial score (nSPS) is 13.7. The average Bonchev–Trinajstić information content (AvgIpc) is 2.14. The quantitative estimate of drug-likeness (QED) is 0.782. The number of nitrogens with zero attached hydrogens (tertiary/aromatic N) is 2. The second-order valence-electron chi connectivity index (χ2n) is 3.05. The number of alkyl halides is 6. The molecule has 18 heavy (non-hydrogen) atoms. The fourth-order valence-electron chi connectivity index (χ4n) is 0.971. The van der Waals surface area contributed by atoms with Crippen LogP contribution in [0.2, 0.25) is 0 Å². The Hall–Kier alpha value is -1.39. The summed E-state index contributed by atoms with van der Waals surface area (Å²) in [6.45, 7) is 0. The Bertz CT molecular complexity index is 536. The fraction of sp³-hybridized carbons (Fsp3) is 0.429. The standard InChI is InChI=1S/C7H4F6N2O2S/c8-6(9,10)5-4(14-1-2-15-5)3-18(16,17)7(11,12)13/h1-2H,3H2. The van der Waals surface area contributed by atoms with Crippen LogP contribution in [0.4, 0.5) is 26.3 Å². The first-order chi connectivity index (χ1) is 7.95. The van der Waals surface area contributed by atoms with Gasteiger partial charge in [0.15, 0.2) is 5.69 Å². The molecule has 1 rings (SSSR count). The van der Waals surface area contributed by atoms with E-state index in [2.05, 4.69) is 9.97 Å². The summed E-state index contributed by atoms with van der Waals surface area (Å²) < 4.78 is 94.6. The zero-order valence-corrected chi connectivity index (χ0v) is 9.07. The van der Waals surface area contributed by atoms with Crippen molar-refractivity contribution in [2.24, 2.45) is 0 Å². The van der Waals surface area contributed by atoms with E-state index in [-0.39, 0.29) is 0 Å². The molecule has 0 unspecified atom stereocenters. The van der Waals surface area contributed by atoms with E-state index in [4.69, 9.17) is 0 Å². The molecular weight excluding hydrogens is 290 g/mol. The van der Waals surface area contributed by atoms with Crippen LogP contribution >= 0.6 is 0 Å². The van der Waals surface area contributed by atoms with Crippen LogP contribution in [0.3, 0.4) is 0 Å². The van der Waals surface area contributed by atoms with Gasteiger partial charge in [-0.3, -0.25) is 4.98 Å². The second kappa shape index (κ2) is 4.37. The Labute approximate surface area is 96.6 Å². The van der Waals surface area contributed by atoms with Gasteiger partial charge in [-0.2, -0.15) is 26.3 Å². The number of rotatable bonds is 2. The van der Waals surface area contributed by atoms with E-state index < -0.39 is 38.7 Å². The minimum absolute atomic E-state index is 0.604. The molecule has 0 bridgehead atoms. The lowest BCUT2D eigenvalue weighted by molar-refractivity contribution is -0.142. The predicted octanol–water partition coefficient (Wildman–Crippen LogP) is 1.93. The largest absolute Gasteiger partial charge is 0.497 e. The third-order valence-corrected chi connectivity index (χ3v) is 3.08. The van der Waals surface area contributed by atoms with Crippen molar-refractivity contribution in [1.29, 1.82) is 0 Å². The van der Waals surface area contributed by atoms with E-state index in [1.165, 1.54) is 0 Å². The molecule has 0 aromatic carbocycles. The Morgan fingerprint density at radius 2 is 1.50 bits per heavy atom. The highest BCUT2D eigenvalue weighted by Crippen LogP contribution is 2.32. The van der Waals surface area contributed by atoms with Crippen LogP contribution < -0.4 is 0 Å². The molecule has 1 aromatic heterocycles. The number of hydrogen-bond donors (Lipinski definition) is 0. The number of aromatic nitrogens is 2. The summed E-state index contributed by atoms with van der Waals surface area (Å²) in [6.07, 6.45) is -3.80. The third kappa shape index (κ3) is 3.09. The van der Waals surface area contributed by atoms with E-state index in [0.717, 1.165) is 0 Å². The highest BCUT2D eigenvalue weighted by molar-refractivity contribution is 7.91. The molecule has 0 N–H and O–H groups in total. The molecule has 0 atom stereocenters. The Morgan fingerprint density at radius 3 is 1.94 bits per heavy atom. The van der Waals surface area contributed by atoms with Crippen molar-refractivity contribution >= 4 is 9.84 Å². The first kappa shape index (κ1) is 14.7. The highest BCUT2D eigenvalue weighted by atomic mass is 32.2. The van der Waals surface area contributed by atoms with Gasteiger partial charge in [0.25, 0.3) is 9.84 Å². The molecule has 0 saturated carbocycles. The molecule has 0 spiro atoms. The van der Waals surface area contributed by atoms with Crippen LogP contribution in [0.25, 0.3) is 0 Å². The lowest BCUT2D eigenvalue weighted by Gasteiger charge is -2.11.